The zero-order chi connectivity index (χ0) is 9.40. The molecular formula is C7H14ClNO3. The Kier molecular flexibility index (Phi) is 7.14. The third kappa shape index (κ3) is 5.35. The predicted molar refractivity (Wildman–Crippen MR) is 46.2 cm³/mol. The summed E-state index contributed by atoms with van der Waals surface area (Å²) in [6.45, 7) is 0.350. The van der Waals surface area contributed by atoms with Crippen molar-refractivity contribution < 1.29 is 14.3 Å². The Balaban J connectivity index is 3.44. The van der Waals surface area contributed by atoms with Crippen LogP contribution in [-0.4, -0.2) is 38.8 Å². The molecule has 0 saturated carbocycles. The van der Waals surface area contributed by atoms with Gasteiger partial charge in [0.15, 0.2) is 6.29 Å². The molecular weight excluding hydrogens is 182 g/mol. The number of alkyl halides is 1. The van der Waals surface area contributed by atoms with E-state index in [1.165, 1.54) is 14.2 Å². The van der Waals surface area contributed by atoms with Gasteiger partial charge in [-0.3, -0.25) is 4.79 Å². The topological polar surface area (TPSA) is 47.6 Å². The fourth-order valence-corrected chi connectivity index (χ4v) is 0.806. The number of carbonyl (C=O) groups excluding carboxylic acids is 1. The maximum atomic E-state index is 10.9. The quantitative estimate of drug-likeness (QED) is 0.492. The van der Waals surface area contributed by atoms with E-state index in [-0.39, 0.29) is 12.2 Å². The Morgan fingerprint density at radius 3 is 2.50 bits per heavy atom. The largest absolute Gasteiger partial charge is 0.354 e. The highest BCUT2D eigenvalue weighted by molar-refractivity contribution is 6.18. The monoisotopic (exact) mass is 195 g/mol. The lowest BCUT2D eigenvalue weighted by Gasteiger charge is -2.13. The van der Waals surface area contributed by atoms with Gasteiger partial charge in [0.05, 0.1) is 6.54 Å². The number of amides is 1. The predicted octanol–water partition coefficient (Wildman–Crippen LogP) is 0.350. The average Bonchev–Trinajstić information content (AvgIpc) is 2.07. The first-order chi connectivity index (χ1) is 5.74. The summed E-state index contributed by atoms with van der Waals surface area (Å²) in [4.78, 5) is 10.9. The Bertz CT molecular complexity index is 128. The van der Waals surface area contributed by atoms with E-state index in [0.29, 0.717) is 18.8 Å². The van der Waals surface area contributed by atoms with Crippen molar-refractivity contribution in [2.75, 3.05) is 26.6 Å². The van der Waals surface area contributed by atoms with Crippen LogP contribution in [0.25, 0.3) is 0 Å². The van der Waals surface area contributed by atoms with Crippen molar-refractivity contribution in [3.05, 3.63) is 0 Å². The summed E-state index contributed by atoms with van der Waals surface area (Å²) in [5, 5.41) is 2.61. The first-order valence-corrected chi connectivity index (χ1v) is 4.16. The number of carbonyl (C=O) groups is 1. The molecule has 0 heterocycles. The van der Waals surface area contributed by atoms with E-state index in [4.69, 9.17) is 21.1 Å². The summed E-state index contributed by atoms with van der Waals surface area (Å²) >= 11 is 5.36. The molecule has 0 fully saturated rings. The van der Waals surface area contributed by atoms with Crippen LogP contribution in [-0.2, 0) is 14.3 Å². The molecule has 0 radical (unpaired) electrons. The van der Waals surface area contributed by atoms with Crippen LogP contribution >= 0.6 is 11.6 Å². The van der Waals surface area contributed by atoms with Gasteiger partial charge in [0.1, 0.15) is 0 Å². The lowest BCUT2D eigenvalue weighted by Crippen LogP contribution is -2.34. The van der Waals surface area contributed by atoms with Crippen LogP contribution in [0.3, 0.4) is 0 Å². The van der Waals surface area contributed by atoms with Crippen LogP contribution in [0.5, 0.6) is 0 Å². The van der Waals surface area contributed by atoms with Crippen LogP contribution in [0, 0.1) is 0 Å². The van der Waals surface area contributed by atoms with Gasteiger partial charge in [-0.25, -0.2) is 0 Å². The number of halogens is 1. The van der Waals surface area contributed by atoms with Gasteiger partial charge in [-0.05, 0) is 0 Å². The Morgan fingerprint density at radius 1 is 1.50 bits per heavy atom. The van der Waals surface area contributed by atoms with Gasteiger partial charge in [0.2, 0.25) is 5.91 Å². The standard InChI is InChI=1S/C7H14ClNO3/c1-11-7(12-2)5-9-6(10)3-4-8/h7H,3-5H2,1-2H3,(H,9,10). The first-order valence-electron chi connectivity index (χ1n) is 3.62. The Morgan fingerprint density at radius 2 is 2.08 bits per heavy atom. The SMILES string of the molecule is COC(CNC(=O)CCCl)OC. The van der Waals surface area contributed by atoms with Gasteiger partial charge in [-0.2, -0.15) is 0 Å². The van der Waals surface area contributed by atoms with Crippen molar-refractivity contribution in [3.63, 3.8) is 0 Å². The van der Waals surface area contributed by atoms with E-state index in [2.05, 4.69) is 5.32 Å². The summed E-state index contributed by atoms with van der Waals surface area (Å²) in [6.07, 6.45) is -0.0638. The minimum absolute atomic E-state index is 0.0934. The van der Waals surface area contributed by atoms with Crippen LogP contribution in [0.2, 0.25) is 0 Å². The van der Waals surface area contributed by atoms with Crippen LogP contribution < -0.4 is 5.32 Å². The van der Waals surface area contributed by atoms with Gasteiger partial charge < -0.3 is 14.8 Å². The highest BCUT2D eigenvalue weighted by atomic mass is 35.5. The van der Waals surface area contributed by atoms with Gasteiger partial charge in [-0.1, -0.05) is 0 Å². The average molecular weight is 196 g/mol. The molecule has 0 atom stereocenters. The van der Waals surface area contributed by atoms with E-state index in [1.54, 1.807) is 0 Å². The van der Waals surface area contributed by atoms with E-state index >= 15 is 0 Å². The molecule has 0 aromatic heterocycles. The fourth-order valence-electron chi connectivity index (χ4n) is 0.634. The molecule has 0 unspecified atom stereocenters. The lowest BCUT2D eigenvalue weighted by molar-refractivity contribution is -0.127. The Hall–Kier alpha value is -0.320. The van der Waals surface area contributed by atoms with Crippen molar-refractivity contribution in [2.45, 2.75) is 12.7 Å². The van der Waals surface area contributed by atoms with Gasteiger partial charge >= 0.3 is 0 Å². The van der Waals surface area contributed by atoms with E-state index in [9.17, 15) is 4.79 Å². The second-order valence-electron chi connectivity index (χ2n) is 2.14. The highest BCUT2D eigenvalue weighted by Crippen LogP contribution is 1.89. The summed E-state index contributed by atoms with van der Waals surface area (Å²) in [5.74, 6) is 0.236. The summed E-state index contributed by atoms with van der Waals surface area (Å²) in [5.41, 5.74) is 0. The highest BCUT2D eigenvalue weighted by Gasteiger charge is 2.06. The summed E-state index contributed by atoms with van der Waals surface area (Å²) in [7, 11) is 3.03. The van der Waals surface area contributed by atoms with Gasteiger partial charge in [0.25, 0.3) is 0 Å². The number of hydrogen-bond acceptors (Lipinski definition) is 3. The third-order valence-corrected chi connectivity index (χ3v) is 1.50. The molecule has 0 spiro atoms. The second-order valence-corrected chi connectivity index (χ2v) is 2.52. The summed E-state index contributed by atoms with van der Waals surface area (Å²) < 4.78 is 9.72. The molecule has 0 rings (SSSR count). The first kappa shape index (κ1) is 11.7. The van der Waals surface area contributed by atoms with Crippen molar-refractivity contribution in [3.8, 4) is 0 Å². The van der Waals surface area contributed by atoms with Crippen LogP contribution in [0.4, 0.5) is 0 Å². The molecule has 0 aliphatic rings. The number of rotatable bonds is 6. The third-order valence-electron chi connectivity index (χ3n) is 1.31. The molecule has 1 N–H and O–H groups in total. The molecule has 0 bridgehead atoms. The molecule has 0 aromatic rings. The van der Waals surface area contributed by atoms with Crippen molar-refractivity contribution in [2.24, 2.45) is 0 Å². The van der Waals surface area contributed by atoms with Crippen molar-refractivity contribution >= 4 is 17.5 Å². The van der Waals surface area contributed by atoms with Gasteiger partial charge in [0, 0.05) is 26.5 Å². The van der Waals surface area contributed by atoms with E-state index < -0.39 is 0 Å². The number of hydrogen-bond donors (Lipinski definition) is 1. The van der Waals surface area contributed by atoms with Crippen LogP contribution in [0.15, 0.2) is 0 Å². The molecule has 0 saturated heterocycles. The minimum Gasteiger partial charge on any atom is -0.354 e. The van der Waals surface area contributed by atoms with E-state index in [1.807, 2.05) is 0 Å². The lowest BCUT2D eigenvalue weighted by atomic mass is 10.4. The zero-order valence-electron chi connectivity index (χ0n) is 7.30. The number of methoxy groups -OCH3 is 2. The van der Waals surface area contributed by atoms with Crippen LogP contribution in [0.1, 0.15) is 6.42 Å². The Labute approximate surface area is 77.2 Å². The molecule has 1 amide bonds. The smallest absolute Gasteiger partial charge is 0.221 e. The number of nitrogens with one attached hydrogen (secondary N) is 1. The molecule has 12 heavy (non-hydrogen) atoms. The zero-order valence-corrected chi connectivity index (χ0v) is 8.06. The maximum absolute atomic E-state index is 10.9. The maximum Gasteiger partial charge on any atom is 0.221 e. The van der Waals surface area contributed by atoms with Crippen molar-refractivity contribution in [1.29, 1.82) is 0 Å². The second kappa shape index (κ2) is 7.34. The fraction of sp³-hybridized carbons (Fsp3) is 0.857. The molecule has 72 valence electrons. The molecule has 0 aliphatic carbocycles. The van der Waals surface area contributed by atoms with Gasteiger partial charge in [-0.15, -0.1) is 11.6 Å². The molecule has 5 heteroatoms. The van der Waals surface area contributed by atoms with Crippen molar-refractivity contribution in [1.82, 2.24) is 5.32 Å². The van der Waals surface area contributed by atoms with E-state index in [0.717, 1.165) is 0 Å². The summed E-state index contributed by atoms with van der Waals surface area (Å²) in [6, 6.07) is 0. The minimum atomic E-state index is -0.385. The molecule has 4 nitrogen and oxygen atoms in total. The number of ether oxygens (including phenoxy) is 2. The molecule has 0 aromatic carbocycles. The molecule has 0 aliphatic heterocycles. The normalized spacial score (nSPS) is 10.3.